The van der Waals surface area contributed by atoms with E-state index in [2.05, 4.69) is 0 Å². The largest absolute Gasteiger partial charge is 0.428 e. The smallest absolute Gasteiger partial charge is 0.308 e. The van der Waals surface area contributed by atoms with Gasteiger partial charge in [-0.15, -0.1) is 34.5 Å². The van der Waals surface area contributed by atoms with Crippen LogP contribution >= 0.6 is 34.5 Å². The van der Waals surface area contributed by atoms with E-state index in [1.165, 1.54) is 6.92 Å². The van der Waals surface area contributed by atoms with E-state index in [1.54, 1.807) is 34.1 Å². The molecular formula is C35H26Cl2N2O6S. The number of hydrogen-bond acceptors (Lipinski definition) is 7. The van der Waals surface area contributed by atoms with Crippen molar-refractivity contribution in [1.29, 1.82) is 0 Å². The van der Waals surface area contributed by atoms with E-state index in [4.69, 9.17) is 32.7 Å². The Balaban J connectivity index is 1.24. The second-order valence-electron chi connectivity index (χ2n) is 11.2. The van der Waals surface area contributed by atoms with Crippen LogP contribution in [0, 0.1) is 0 Å². The van der Waals surface area contributed by atoms with Gasteiger partial charge in [-0.05, 0) is 34.0 Å². The number of hydrogen-bond donors (Lipinski definition) is 0. The Morgan fingerprint density at radius 3 is 1.67 bits per heavy atom. The number of amides is 2. The van der Waals surface area contributed by atoms with Crippen LogP contribution in [0.2, 0.25) is 0 Å². The van der Waals surface area contributed by atoms with E-state index in [-0.39, 0.29) is 23.7 Å². The molecule has 232 valence electrons. The molecule has 0 spiro atoms. The summed E-state index contributed by atoms with van der Waals surface area (Å²) in [6, 6.07) is 21.9. The highest BCUT2D eigenvalue weighted by Gasteiger charge is 2.38. The Morgan fingerprint density at radius 1 is 0.761 bits per heavy atom. The fourth-order valence-electron chi connectivity index (χ4n) is 6.68. The first-order valence-electron chi connectivity index (χ1n) is 14.6. The molecule has 11 heteroatoms. The molecule has 0 saturated heterocycles. The second-order valence-corrected chi connectivity index (χ2v) is 12.9. The highest BCUT2D eigenvalue weighted by Crippen LogP contribution is 2.48. The molecule has 3 heterocycles. The zero-order valence-corrected chi connectivity index (χ0v) is 26.8. The van der Waals surface area contributed by atoms with Crippen LogP contribution in [0.15, 0.2) is 72.8 Å². The van der Waals surface area contributed by atoms with Crippen molar-refractivity contribution in [1.82, 2.24) is 0 Å². The minimum atomic E-state index is -0.464. The number of esters is 1. The van der Waals surface area contributed by atoms with Gasteiger partial charge in [0.15, 0.2) is 0 Å². The summed E-state index contributed by atoms with van der Waals surface area (Å²) in [4.78, 5) is 55.4. The lowest BCUT2D eigenvalue weighted by atomic mass is 9.95. The molecule has 1 aromatic heterocycles. The quantitative estimate of drug-likeness (QED) is 0.0770. The van der Waals surface area contributed by atoms with Crippen molar-refractivity contribution in [3.63, 3.8) is 0 Å². The predicted molar refractivity (Wildman–Crippen MR) is 180 cm³/mol. The van der Waals surface area contributed by atoms with Crippen LogP contribution in [-0.4, -0.2) is 49.1 Å². The van der Waals surface area contributed by atoms with Gasteiger partial charge in [0.1, 0.15) is 11.5 Å². The lowest BCUT2D eigenvalue weighted by molar-refractivity contribution is -0.131. The first-order valence-corrected chi connectivity index (χ1v) is 16.5. The average Bonchev–Trinajstić information content (AvgIpc) is 3.80. The van der Waals surface area contributed by atoms with Gasteiger partial charge in [-0.25, -0.2) is 0 Å². The van der Waals surface area contributed by atoms with Crippen LogP contribution in [-0.2, 0) is 9.59 Å². The standard InChI is InChI=1S/C35H26Cl2N2O6S/c1-19(41)45-29-13-27-33(25-9-5-3-7-23(25)29)21(15-37)17-39(27)35(43)31-11-10-30(46-31)34(42)38-16-20(14-36)32-24-8-4-2-6-22(24)28(44-18-40)12-26(32)38/h2-13,18,20-21H,14-17H2,1H3. The lowest BCUT2D eigenvalue weighted by Gasteiger charge is -2.19. The van der Waals surface area contributed by atoms with Crippen LogP contribution in [0.3, 0.4) is 0 Å². The number of carbonyl (C=O) groups excluding carboxylic acids is 4. The SMILES string of the molecule is CC(=O)Oc1cc2c(c3ccccc13)C(CCl)CN2C(=O)c1ccc(C(=O)N2CC(CCl)c3c2cc(OC=O)c2ccccc32)s1. The minimum absolute atomic E-state index is 0.133. The van der Waals surface area contributed by atoms with Gasteiger partial charge in [-0.3, -0.25) is 19.2 Å². The zero-order valence-electron chi connectivity index (χ0n) is 24.5. The van der Waals surface area contributed by atoms with Gasteiger partial charge in [0.25, 0.3) is 18.3 Å². The Bertz CT molecular complexity index is 2080. The highest BCUT2D eigenvalue weighted by atomic mass is 35.5. The maximum atomic E-state index is 14.1. The molecule has 8 nitrogen and oxygen atoms in total. The molecule has 0 saturated carbocycles. The van der Waals surface area contributed by atoms with Gasteiger partial charge in [-0.2, -0.15) is 0 Å². The molecule has 5 aromatic rings. The Hall–Kier alpha value is -4.44. The molecule has 0 bridgehead atoms. The second kappa shape index (κ2) is 12.1. The Morgan fingerprint density at radius 2 is 1.22 bits per heavy atom. The molecule has 7 rings (SSSR count). The molecule has 2 aliphatic heterocycles. The number of anilines is 2. The topological polar surface area (TPSA) is 93.2 Å². The number of rotatable bonds is 7. The molecule has 0 radical (unpaired) electrons. The van der Waals surface area contributed by atoms with E-state index in [1.807, 2.05) is 48.5 Å². The van der Waals surface area contributed by atoms with Crippen LogP contribution in [0.4, 0.5) is 11.4 Å². The number of nitrogens with zero attached hydrogens (tertiary/aromatic N) is 2. The fourth-order valence-corrected chi connectivity index (χ4v) is 8.09. The Labute approximate surface area is 278 Å². The first kappa shape index (κ1) is 30.2. The summed E-state index contributed by atoms with van der Waals surface area (Å²) in [7, 11) is 0. The molecule has 2 amide bonds. The van der Waals surface area contributed by atoms with E-state index in [9.17, 15) is 19.2 Å². The number of benzene rings is 4. The van der Waals surface area contributed by atoms with E-state index >= 15 is 0 Å². The van der Waals surface area contributed by atoms with Crippen molar-refractivity contribution in [2.24, 2.45) is 0 Å². The van der Waals surface area contributed by atoms with Crippen molar-refractivity contribution >= 4 is 91.7 Å². The number of halogens is 2. The molecule has 4 aromatic carbocycles. The number of fused-ring (bicyclic) bond motifs is 6. The summed E-state index contributed by atoms with van der Waals surface area (Å²) in [5.41, 5.74) is 3.08. The fraction of sp³-hybridized carbons (Fsp3) is 0.200. The molecule has 2 unspecified atom stereocenters. The van der Waals surface area contributed by atoms with Gasteiger partial charge in [0, 0.05) is 66.5 Å². The maximum absolute atomic E-state index is 14.1. The first-order chi connectivity index (χ1) is 22.3. The van der Waals surface area contributed by atoms with Crippen LogP contribution in [0.5, 0.6) is 11.5 Å². The third kappa shape index (κ3) is 4.90. The van der Waals surface area contributed by atoms with Gasteiger partial charge < -0.3 is 19.3 Å². The van der Waals surface area contributed by atoms with Gasteiger partial charge in [0.2, 0.25) is 0 Å². The Kier molecular flexibility index (Phi) is 7.92. The van der Waals surface area contributed by atoms with E-state index < -0.39 is 5.97 Å². The van der Waals surface area contributed by atoms with E-state index in [0.717, 1.165) is 44.0 Å². The number of alkyl halides is 2. The maximum Gasteiger partial charge on any atom is 0.308 e. The number of thiophene rings is 1. The van der Waals surface area contributed by atoms with E-state index in [0.29, 0.717) is 63.9 Å². The summed E-state index contributed by atoms with van der Waals surface area (Å²) in [6.07, 6.45) is 0. The van der Waals surface area contributed by atoms with Crippen molar-refractivity contribution in [3.05, 3.63) is 93.7 Å². The predicted octanol–water partition coefficient (Wildman–Crippen LogP) is 7.48. The van der Waals surface area contributed by atoms with Crippen LogP contribution in [0.25, 0.3) is 21.5 Å². The van der Waals surface area contributed by atoms with Crippen molar-refractivity contribution in [2.75, 3.05) is 34.6 Å². The van der Waals surface area contributed by atoms with Crippen molar-refractivity contribution in [3.8, 4) is 11.5 Å². The van der Waals surface area contributed by atoms with Crippen LogP contribution in [0.1, 0.15) is 49.2 Å². The normalized spacial score (nSPS) is 16.8. The third-order valence-corrected chi connectivity index (χ3v) is 10.4. The minimum Gasteiger partial charge on any atom is -0.428 e. The molecule has 0 N–H and O–H groups in total. The summed E-state index contributed by atoms with van der Waals surface area (Å²) in [6.45, 7) is 2.39. The monoisotopic (exact) mass is 672 g/mol. The number of ether oxygens (including phenoxy) is 2. The molecule has 0 aliphatic carbocycles. The molecule has 0 fully saturated rings. The molecule has 46 heavy (non-hydrogen) atoms. The zero-order chi connectivity index (χ0) is 32.1. The molecule has 2 atom stereocenters. The van der Waals surface area contributed by atoms with Crippen molar-refractivity contribution < 1.29 is 28.7 Å². The molecule has 2 aliphatic rings. The average molecular weight is 674 g/mol. The summed E-state index contributed by atoms with van der Waals surface area (Å²) < 4.78 is 10.9. The molecular weight excluding hydrogens is 647 g/mol. The van der Waals surface area contributed by atoms with Gasteiger partial charge in [-0.1, -0.05) is 48.5 Å². The highest BCUT2D eigenvalue weighted by molar-refractivity contribution is 7.16. The van der Waals surface area contributed by atoms with Gasteiger partial charge >= 0.3 is 5.97 Å². The number of carbonyl (C=O) groups is 4. The van der Waals surface area contributed by atoms with Crippen LogP contribution < -0.4 is 19.3 Å². The third-order valence-electron chi connectivity index (χ3n) is 8.58. The summed E-state index contributed by atoms with van der Waals surface area (Å²) in [5, 5.41) is 3.25. The summed E-state index contributed by atoms with van der Waals surface area (Å²) in [5.74, 6) is 0.00474. The lowest BCUT2D eigenvalue weighted by Crippen LogP contribution is -2.30. The summed E-state index contributed by atoms with van der Waals surface area (Å²) >= 11 is 13.9. The van der Waals surface area contributed by atoms with Gasteiger partial charge in [0.05, 0.1) is 21.1 Å². The van der Waals surface area contributed by atoms with Crippen molar-refractivity contribution in [2.45, 2.75) is 18.8 Å².